The van der Waals surface area contributed by atoms with Crippen LogP contribution in [0, 0.1) is 0 Å². The van der Waals surface area contributed by atoms with Crippen LogP contribution in [-0.4, -0.2) is 87.8 Å². The van der Waals surface area contributed by atoms with E-state index >= 15 is 0 Å². The van der Waals surface area contributed by atoms with Gasteiger partial charge in [0.1, 0.15) is 12.1 Å². The Morgan fingerprint density at radius 2 is 2.03 bits per heavy atom. The molecule has 166 valence electrons. The van der Waals surface area contributed by atoms with Gasteiger partial charge in [0.15, 0.2) is 6.10 Å². The van der Waals surface area contributed by atoms with Crippen LogP contribution < -0.4 is 10.6 Å². The molecule has 31 heavy (non-hydrogen) atoms. The van der Waals surface area contributed by atoms with Crippen LogP contribution in [0.25, 0.3) is 0 Å². The van der Waals surface area contributed by atoms with Crippen LogP contribution in [0.4, 0.5) is 0 Å². The van der Waals surface area contributed by atoms with Crippen molar-refractivity contribution in [2.45, 2.75) is 43.1 Å². The lowest BCUT2D eigenvalue weighted by molar-refractivity contribution is -0.149. The predicted octanol–water partition coefficient (Wildman–Crippen LogP) is -0.732. The normalized spacial score (nSPS) is 28.5. The summed E-state index contributed by atoms with van der Waals surface area (Å²) >= 11 is 1.40. The summed E-state index contributed by atoms with van der Waals surface area (Å²) in [6.45, 7) is 0.500. The third-order valence-electron chi connectivity index (χ3n) is 6.14. The van der Waals surface area contributed by atoms with Gasteiger partial charge >= 0.3 is 0 Å². The second-order valence-corrected chi connectivity index (χ2v) is 9.00. The van der Waals surface area contributed by atoms with E-state index < -0.39 is 30.1 Å². The van der Waals surface area contributed by atoms with Crippen molar-refractivity contribution in [1.82, 2.24) is 20.4 Å². The van der Waals surface area contributed by atoms with Gasteiger partial charge in [-0.3, -0.25) is 19.2 Å². The van der Waals surface area contributed by atoms with Gasteiger partial charge in [0.25, 0.3) is 5.91 Å². The SMILES string of the molecule is CSCC(=O)N[C@@H]1C[C@H]2C(=O)N[C@@H]3CCN(C(=O)[C@@H](O)c4ccccc4)[C@@H]3C(=O)N2C1. The van der Waals surface area contributed by atoms with E-state index in [0.717, 1.165) is 0 Å². The summed E-state index contributed by atoms with van der Waals surface area (Å²) < 4.78 is 0. The fourth-order valence-corrected chi connectivity index (χ4v) is 5.06. The highest BCUT2D eigenvalue weighted by Gasteiger charge is 2.53. The molecule has 1 aromatic rings. The first kappa shape index (κ1) is 21.6. The van der Waals surface area contributed by atoms with Gasteiger partial charge in [0, 0.05) is 19.1 Å². The third-order valence-corrected chi connectivity index (χ3v) is 6.69. The second-order valence-electron chi connectivity index (χ2n) is 8.13. The maximum atomic E-state index is 13.4. The molecule has 0 unspecified atom stereocenters. The Balaban J connectivity index is 1.52. The molecule has 3 aliphatic heterocycles. The highest BCUT2D eigenvalue weighted by Crippen LogP contribution is 2.31. The summed E-state index contributed by atoms with van der Waals surface area (Å²) in [6, 6.07) is 6.24. The molecule has 5 atom stereocenters. The molecular formula is C21H26N4O5S. The number of fused-ring (bicyclic) bond motifs is 2. The van der Waals surface area contributed by atoms with Crippen LogP contribution in [0.2, 0.25) is 0 Å². The van der Waals surface area contributed by atoms with Crippen molar-refractivity contribution in [2.24, 2.45) is 0 Å². The average Bonchev–Trinajstić information content (AvgIpc) is 3.35. The Kier molecular flexibility index (Phi) is 6.19. The van der Waals surface area contributed by atoms with E-state index in [2.05, 4.69) is 10.6 Å². The number of rotatable bonds is 5. The van der Waals surface area contributed by atoms with Gasteiger partial charge in [-0.25, -0.2) is 0 Å². The maximum Gasteiger partial charge on any atom is 0.256 e. The standard InChI is InChI=1S/C21H26N4O5S/c1-31-11-16(26)22-13-9-15-19(28)23-14-7-8-24(17(14)20(29)25(15)10-13)21(30)18(27)12-5-3-2-4-6-12/h2-6,13-15,17-18,27H,7-11H2,1H3,(H,22,26)(H,23,28)/t13-,14-,15+,17+,18+/m1/s1. The molecule has 0 aromatic heterocycles. The number of carbonyl (C=O) groups excluding carboxylic acids is 4. The van der Waals surface area contributed by atoms with Crippen molar-refractivity contribution in [3.63, 3.8) is 0 Å². The molecule has 10 heteroatoms. The topological polar surface area (TPSA) is 119 Å². The number of hydrogen-bond donors (Lipinski definition) is 3. The molecule has 3 aliphatic rings. The zero-order valence-corrected chi connectivity index (χ0v) is 18.0. The van der Waals surface area contributed by atoms with E-state index in [9.17, 15) is 24.3 Å². The predicted molar refractivity (Wildman–Crippen MR) is 114 cm³/mol. The summed E-state index contributed by atoms with van der Waals surface area (Å²) in [7, 11) is 0. The molecule has 4 amide bonds. The highest BCUT2D eigenvalue weighted by molar-refractivity contribution is 7.99. The van der Waals surface area contributed by atoms with Crippen molar-refractivity contribution in [3.8, 4) is 0 Å². The number of aliphatic hydroxyl groups is 1. The van der Waals surface area contributed by atoms with E-state index in [1.165, 1.54) is 21.6 Å². The first-order valence-electron chi connectivity index (χ1n) is 10.3. The quantitative estimate of drug-likeness (QED) is 0.549. The Labute approximate surface area is 184 Å². The van der Waals surface area contributed by atoms with Crippen LogP contribution in [0.5, 0.6) is 0 Å². The molecule has 3 saturated heterocycles. The van der Waals surface area contributed by atoms with E-state index in [1.54, 1.807) is 30.3 Å². The molecule has 3 heterocycles. The molecule has 3 N–H and O–H groups in total. The van der Waals surface area contributed by atoms with E-state index in [4.69, 9.17) is 0 Å². The van der Waals surface area contributed by atoms with E-state index in [0.29, 0.717) is 24.2 Å². The van der Waals surface area contributed by atoms with Crippen LogP contribution in [0.3, 0.4) is 0 Å². The van der Waals surface area contributed by atoms with Crippen molar-refractivity contribution >= 4 is 35.4 Å². The van der Waals surface area contributed by atoms with Gasteiger partial charge in [0.2, 0.25) is 17.7 Å². The lowest BCUT2D eigenvalue weighted by Gasteiger charge is -2.30. The number of likely N-dealkylation sites (tertiary alicyclic amines) is 1. The molecule has 0 saturated carbocycles. The Morgan fingerprint density at radius 3 is 2.74 bits per heavy atom. The first-order valence-corrected chi connectivity index (χ1v) is 11.7. The molecule has 0 radical (unpaired) electrons. The number of amides is 4. The maximum absolute atomic E-state index is 13.4. The highest BCUT2D eigenvalue weighted by atomic mass is 32.2. The Bertz CT molecular complexity index is 882. The monoisotopic (exact) mass is 446 g/mol. The smallest absolute Gasteiger partial charge is 0.256 e. The van der Waals surface area contributed by atoms with Gasteiger partial charge in [-0.15, -0.1) is 0 Å². The fourth-order valence-electron chi connectivity index (χ4n) is 4.71. The minimum Gasteiger partial charge on any atom is -0.378 e. The lowest BCUT2D eigenvalue weighted by Crippen LogP contribution is -2.53. The second kappa shape index (κ2) is 8.88. The lowest BCUT2D eigenvalue weighted by atomic mass is 10.1. The minimum absolute atomic E-state index is 0.135. The summed E-state index contributed by atoms with van der Waals surface area (Å²) in [5.74, 6) is -0.958. The minimum atomic E-state index is -1.38. The number of aliphatic hydroxyl groups excluding tert-OH is 1. The number of hydrogen-bond acceptors (Lipinski definition) is 6. The number of benzene rings is 1. The van der Waals surface area contributed by atoms with Crippen LogP contribution in [0.15, 0.2) is 30.3 Å². The number of thioether (sulfide) groups is 1. The molecular weight excluding hydrogens is 420 g/mol. The summed E-state index contributed by atoms with van der Waals surface area (Å²) in [6.07, 6.45) is 1.25. The zero-order valence-electron chi connectivity index (χ0n) is 17.2. The van der Waals surface area contributed by atoms with Crippen molar-refractivity contribution in [2.75, 3.05) is 25.1 Å². The summed E-state index contributed by atoms with van der Waals surface area (Å²) in [4.78, 5) is 54.1. The molecule has 0 spiro atoms. The third kappa shape index (κ3) is 4.14. The van der Waals surface area contributed by atoms with Gasteiger partial charge < -0.3 is 25.5 Å². The fraction of sp³-hybridized carbons (Fsp3) is 0.524. The number of nitrogens with one attached hydrogen (secondary N) is 2. The van der Waals surface area contributed by atoms with Crippen LogP contribution >= 0.6 is 11.8 Å². The summed E-state index contributed by atoms with van der Waals surface area (Å²) in [5.41, 5.74) is 0.455. The number of nitrogens with zero attached hydrogens (tertiary/aromatic N) is 2. The first-order chi connectivity index (χ1) is 14.9. The largest absolute Gasteiger partial charge is 0.378 e. The molecule has 4 rings (SSSR count). The average molecular weight is 447 g/mol. The Morgan fingerprint density at radius 1 is 1.29 bits per heavy atom. The molecule has 9 nitrogen and oxygen atoms in total. The van der Waals surface area contributed by atoms with Gasteiger partial charge in [-0.05, 0) is 24.7 Å². The molecule has 1 aromatic carbocycles. The van der Waals surface area contributed by atoms with E-state index in [1.807, 2.05) is 6.26 Å². The van der Waals surface area contributed by atoms with Crippen LogP contribution in [0.1, 0.15) is 24.5 Å². The van der Waals surface area contributed by atoms with Crippen molar-refractivity contribution in [1.29, 1.82) is 0 Å². The van der Waals surface area contributed by atoms with Crippen molar-refractivity contribution < 1.29 is 24.3 Å². The van der Waals surface area contributed by atoms with E-state index in [-0.39, 0.29) is 36.9 Å². The molecule has 0 aliphatic carbocycles. The Hall–Kier alpha value is -2.59. The van der Waals surface area contributed by atoms with Crippen LogP contribution in [-0.2, 0) is 19.2 Å². The number of carbonyl (C=O) groups is 4. The summed E-state index contributed by atoms with van der Waals surface area (Å²) in [5, 5.41) is 16.4. The van der Waals surface area contributed by atoms with Gasteiger partial charge in [-0.2, -0.15) is 11.8 Å². The van der Waals surface area contributed by atoms with Crippen molar-refractivity contribution in [3.05, 3.63) is 35.9 Å². The zero-order chi connectivity index (χ0) is 22.1. The molecule has 3 fully saturated rings. The van der Waals surface area contributed by atoms with Gasteiger partial charge in [-0.1, -0.05) is 30.3 Å². The molecule has 0 bridgehead atoms. The van der Waals surface area contributed by atoms with Gasteiger partial charge in [0.05, 0.1) is 11.8 Å².